The van der Waals surface area contributed by atoms with Crippen LogP contribution in [0.15, 0.2) is 24.3 Å². The lowest BCUT2D eigenvalue weighted by Gasteiger charge is -2.08. The molecule has 0 aliphatic carbocycles. The molecular formula is C17H25ClN2O3. The number of carbonyl (C=O) groups excluding carboxylic acids is 1. The predicted octanol–water partition coefficient (Wildman–Crippen LogP) is 3.16. The van der Waals surface area contributed by atoms with Gasteiger partial charge in [0.2, 0.25) is 5.91 Å². The second-order valence-electron chi connectivity index (χ2n) is 5.60. The van der Waals surface area contributed by atoms with Crippen LogP contribution in [0, 0.1) is 0 Å². The summed E-state index contributed by atoms with van der Waals surface area (Å²) in [5.41, 5.74) is 7.03. The quantitative estimate of drug-likeness (QED) is 0.426. The van der Waals surface area contributed by atoms with Crippen LogP contribution in [0.25, 0.3) is 0 Å². The monoisotopic (exact) mass is 340 g/mol. The molecule has 0 spiro atoms. The number of amides is 1. The Labute approximate surface area is 142 Å². The van der Waals surface area contributed by atoms with Crippen LogP contribution in [0.1, 0.15) is 44.1 Å². The minimum Gasteiger partial charge on any atom is -0.480 e. The average molecular weight is 341 g/mol. The van der Waals surface area contributed by atoms with E-state index < -0.39 is 12.0 Å². The number of benzene rings is 1. The van der Waals surface area contributed by atoms with Gasteiger partial charge in [0, 0.05) is 18.0 Å². The number of carboxylic acids is 1. The molecule has 0 heterocycles. The Balaban J connectivity index is 2.28. The van der Waals surface area contributed by atoms with Crippen LogP contribution in [0.3, 0.4) is 0 Å². The van der Waals surface area contributed by atoms with E-state index in [9.17, 15) is 9.59 Å². The standard InChI is InChI=1S/C17H25ClN2O3/c18-11-5-3-1-2-4-6-16(21)20-14-9-7-13(8-10-14)12-15(19)17(22)23/h7-10,15H,1-6,11-12,19H2,(H,20,21)(H,22,23). The fraction of sp³-hybridized carbons (Fsp3) is 0.529. The van der Waals surface area contributed by atoms with E-state index in [-0.39, 0.29) is 12.3 Å². The maximum Gasteiger partial charge on any atom is 0.320 e. The maximum atomic E-state index is 11.8. The van der Waals surface area contributed by atoms with Gasteiger partial charge in [0.25, 0.3) is 0 Å². The first-order valence-corrected chi connectivity index (χ1v) is 8.49. The smallest absolute Gasteiger partial charge is 0.320 e. The highest BCUT2D eigenvalue weighted by Crippen LogP contribution is 2.12. The number of hydrogen-bond donors (Lipinski definition) is 3. The predicted molar refractivity (Wildman–Crippen MR) is 92.8 cm³/mol. The molecule has 0 saturated heterocycles. The summed E-state index contributed by atoms with van der Waals surface area (Å²) < 4.78 is 0. The zero-order valence-electron chi connectivity index (χ0n) is 13.3. The summed E-state index contributed by atoms with van der Waals surface area (Å²) in [6, 6.07) is 6.19. The topological polar surface area (TPSA) is 92.4 Å². The third kappa shape index (κ3) is 8.57. The van der Waals surface area contributed by atoms with E-state index in [4.69, 9.17) is 22.4 Å². The van der Waals surface area contributed by atoms with Crippen molar-refractivity contribution in [1.29, 1.82) is 0 Å². The Morgan fingerprint density at radius 2 is 1.70 bits per heavy atom. The van der Waals surface area contributed by atoms with Crippen LogP contribution in [-0.2, 0) is 16.0 Å². The highest BCUT2D eigenvalue weighted by atomic mass is 35.5. The molecule has 1 aromatic rings. The number of nitrogens with two attached hydrogens (primary N) is 1. The highest BCUT2D eigenvalue weighted by Gasteiger charge is 2.12. The Morgan fingerprint density at radius 3 is 2.30 bits per heavy atom. The van der Waals surface area contributed by atoms with Crippen molar-refractivity contribution in [3.05, 3.63) is 29.8 Å². The van der Waals surface area contributed by atoms with E-state index >= 15 is 0 Å². The molecule has 0 radical (unpaired) electrons. The van der Waals surface area contributed by atoms with E-state index in [0.29, 0.717) is 18.0 Å². The largest absolute Gasteiger partial charge is 0.480 e. The number of alkyl halides is 1. The molecule has 1 unspecified atom stereocenters. The van der Waals surface area contributed by atoms with Gasteiger partial charge in [0.1, 0.15) is 6.04 Å². The third-order valence-corrected chi connectivity index (χ3v) is 3.82. The zero-order valence-corrected chi connectivity index (χ0v) is 14.0. The number of nitrogens with one attached hydrogen (secondary N) is 1. The first-order chi connectivity index (χ1) is 11.0. The summed E-state index contributed by atoms with van der Waals surface area (Å²) in [7, 11) is 0. The van der Waals surface area contributed by atoms with E-state index in [1.54, 1.807) is 24.3 Å². The van der Waals surface area contributed by atoms with Gasteiger partial charge in [0.15, 0.2) is 0 Å². The van der Waals surface area contributed by atoms with Crippen LogP contribution in [-0.4, -0.2) is 28.9 Å². The van der Waals surface area contributed by atoms with Gasteiger partial charge in [0.05, 0.1) is 0 Å². The van der Waals surface area contributed by atoms with E-state index in [0.717, 1.165) is 37.7 Å². The molecule has 0 saturated carbocycles. The molecule has 0 aromatic heterocycles. The summed E-state index contributed by atoms with van der Waals surface area (Å²) in [5.74, 6) is -0.320. The van der Waals surface area contributed by atoms with Crippen molar-refractivity contribution in [3.63, 3.8) is 0 Å². The zero-order chi connectivity index (χ0) is 17.1. The summed E-state index contributed by atoms with van der Waals surface area (Å²) in [6.07, 6.45) is 5.95. The minimum absolute atomic E-state index is 0.00247. The number of hydrogen-bond acceptors (Lipinski definition) is 3. The molecule has 0 aliphatic heterocycles. The summed E-state index contributed by atoms with van der Waals surface area (Å²) in [4.78, 5) is 22.5. The normalized spacial score (nSPS) is 11.9. The van der Waals surface area contributed by atoms with Crippen molar-refractivity contribution < 1.29 is 14.7 Å². The molecule has 0 aliphatic rings. The Bertz CT molecular complexity index is 491. The Hall–Kier alpha value is -1.59. The van der Waals surface area contributed by atoms with Gasteiger partial charge < -0.3 is 16.2 Å². The van der Waals surface area contributed by atoms with Gasteiger partial charge in [-0.25, -0.2) is 0 Å². The number of aliphatic carboxylic acids is 1. The lowest BCUT2D eigenvalue weighted by Crippen LogP contribution is -2.32. The van der Waals surface area contributed by atoms with Crippen molar-refractivity contribution in [1.82, 2.24) is 0 Å². The van der Waals surface area contributed by atoms with Crippen LogP contribution in [0.5, 0.6) is 0 Å². The lowest BCUT2D eigenvalue weighted by atomic mass is 10.1. The van der Waals surface area contributed by atoms with Gasteiger partial charge in [-0.15, -0.1) is 11.6 Å². The van der Waals surface area contributed by atoms with Gasteiger partial charge >= 0.3 is 5.97 Å². The number of anilines is 1. The molecular weight excluding hydrogens is 316 g/mol. The number of unbranched alkanes of at least 4 members (excludes halogenated alkanes) is 4. The van der Waals surface area contributed by atoms with Crippen LogP contribution in [0.2, 0.25) is 0 Å². The van der Waals surface area contributed by atoms with Crippen molar-refractivity contribution in [2.24, 2.45) is 5.73 Å². The molecule has 23 heavy (non-hydrogen) atoms. The maximum absolute atomic E-state index is 11.8. The van der Waals surface area contributed by atoms with Gasteiger partial charge in [-0.2, -0.15) is 0 Å². The van der Waals surface area contributed by atoms with Gasteiger partial charge in [-0.3, -0.25) is 9.59 Å². The molecule has 1 amide bonds. The highest BCUT2D eigenvalue weighted by molar-refractivity contribution is 6.17. The second-order valence-corrected chi connectivity index (χ2v) is 5.98. The van der Waals surface area contributed by atoms with Crippen molar-refractivity contribution in [2.45, 2.75) is 51.0 Å². The summed E-state index contributed by atoms with van der Waals surface area (Å²) >= 11 is 5.61. The van der Waals surface area contributed by atoms with Crippen LogP contribution >= 0.6 is 11.6 Å². The fourth-order valence-electron chi connectivity index (χ4n) is 2.20. The fourth-order valence-corrected chi connectivity index (χ4v) is 2.39. The summed E-state index contributed by atoms with van der Waals surface area (Å²) in [6.45, 7) is 0. The number of carboxylic acid groups (broad SMARTS) is 1. The Morgan fingerprint density at radius 1 is 1.09 bits per heavy atom. The van der Waals surface area contributed by atoms with Crippen LogP contribution in [0.4, 0.5) is 5.69 Å². The lowest BCUT2D eigenvalue weighted by molar-refractivity contribution is -0.138. The van der Waals surface area contributed by atoms with Crippen molar-refractivity contribution in [3.8, 4) is 0 Å². The molecule has 1 aromatic carbocycles. The van der Waals surface area contributed by atoms with E-state index in [1.165, 1.54) is 0 Å². The molecule has 0 bridgehead atoms. The number of halogens is 1. The van der Waals surface area contributed by atoms with Gasteiger partial charge in [-0.1, -0.05) is 31.4 Å². The van der Waals surface area contributed by atoms with Crippen LogP contribution < -0.4 is 11.1 Å². The molecule has 6 heteroatoms. The summed E-state index contributed by atoms with van der Waals surface area (Å²) in [5, 5.41) is 11.6. The van der Waals surface area contributed by atoms with Gasteiger partial charge in [-0.05, 0) is 37.0 Å². The second kappa shape index (κ2) is 11.0. The molecule has 5 nitrogen and oxygen atoms in total. The van der Waals surface area contributed by atoms with E-state index in [2.05, 4.69) is 5.32 Å². The van der Waals surface area contributed by atoms with Crippen molar-refractivity contribution in [2.75, 3.05) is 11.2 Å². The SMILES string of the molecule is NC(Cc1ccc(NC(=O)CCCCCCCCl)cc1)C(=O)O. The molecule has 128 valence electrons. The minimum atomic E-state index is -1.02. The first kappa shape index (κ1) is 19.5. The Kier molecular flexibility index (Phi) is 9.33. The van der Waals surface area contributed by atoms with Crippen molar-refractivity contribution >= 4 is 29.2 Å². The first-order valence-electron chi connectivity index (χ1n) is 7.96. The molecule has 1 rings (SSSR count). The average Bonchev–Trinajstić information content (AvgIpc) is 2.52. The molecule has 1 atom stereocenters. The van der Waals surface area contributed by atoms with E-state index in [1.807, 2.05) is 0 Å². The number of rotatable bonds is 11. The molecule has 0 fully saturated rings. The molecule has 4 N–H and O–H groups in total. The number of carbonyl (C=O) groups is 2. The third-order valence-electron chi connectivity index (χ3n) is 3.55.